The Morgan fingerprint density at radius 1 is 1.06 bits per heavy atom. The molecule has 1 N–H and O–H groups in total. The molecule has 4 rings (SSSR count). The Morgan fingerprint density at radius 3 is 2.35 bits per heavy atom. The molecule has 166 valence electrons. The molecule has 1 amide bonds. The molecule has 1 fully saturated rings. The van der Waals surface area contributed by atoms with Crippen molar-refractivity contribution in [3.63, 3.8) is 0 Å². The van der Waals surface area contributed by atoms with Gasteiger partial charge in [-0.25, -0.2) is 0 Å². The van der Waals surface area contributed by atoms with E-state index in [2.05, 4.69) is 4.90 Å². The van der Waals surface area contributed by atoms with Crippen molar-refractivity contribution in [1.29, 1.82) is 0 Å². The highest BCUT2D eigenvalue weighted by Gasteiger charge is 2.47. The van der Waals surface area contributed by atoms with Gasteiger partial charge in [0.2, 0.25) is 0 Å². The van der Waals surface area contributed by atoms with Crippen LogP contribution in [0.4, 0.5) is 13.2 Å². The molecule has 6 nitrogen and oxygen atoms in total. The van der Waals surface area contributed by atoms with Gasteiger partial charge in [0.15, 0.2) is 0 Å². The first-order valence-corrected chi connectivity index (χ1v) is 10.2. The number of hydrogen-bond acceptors (Lipinski definition) is 4. The number of carbonyl (C=O) groups excluding carboxylic acids is 2. The predicted octanol–water partition coefficient (Wildman–Crippen LogP) is 3.67. The largest absolute Gasteiger partial charge is 0.506 e. The maximum absolute atomic E-state index is 13.0. The van der Waals surface area contributed by atoms with Crippen LogP contribution in [0.3, 0.4) is 0 Å². The minimum absolute atomic E-state index is 0.156. The molecule has 2 aromatic rings. The summed E-state index contributed by atoms with van der Waals surface area (Å²) in [6.07, 6.45) is -3.90. The minimum atomic E-state index is -4.93. The first kappa shape index (κ1) is 21.7. The van der Waals surface area contributed by atoms with Gasteiger partial charge in [0, 0.05) is 37.4 Å². The summed E-state index contributed by atoms with van der Waals surface area (Å²) >= 11 is 5.81. The summed E-state index contributed by atoms with van der Waals surface area (Å²) in [5.41, 5.74) is 0.0906. The molecule has 3 heterocycles. The molecule has 0 saturated carbocycles. The number of fused-ring (bicyclic) bond motifs is 2. The maximum atomic E-state index is 13.0. The van der Waals surface area contributed by atoms with Crippen LogP contribution < -0.4 is 0 Å². The van der Waals surface area contributed by atoms with Gasteiger partial charge < -0.3 is 14.6 Å². The number of rotatable bonds is 2. The summed E-state index contributed by atoms with van der Waals surface area (Å²) in [4.78, 5) is 28.5. The van der Waals surface area contributed by atoms with Crippen molar-refractivity contribution in [2.45, 2.75) is 31.1 Å². The average Bonchev–Trinajstić information content (AvgIpc) is 3.16. The van der Waals surface area contributed by atoms with Gasteiger partial charge in [-0.2, -0.15) is 13.2 Å². The van der Waals surface area contributed by atoms with Crippen molar-refractivity contribution in [1.82, 2.24) is 14.4 Å². The molecule has 0 bridgehead atoms. The standard InChI is InChI=1S/C21H21ClF3N3O3/c1-26-10-11-28-15(18(30)21(23,24)25)4-5-17(28)20(26)6-8-27(9-7-20)19(31)13-2-3-14(22)16(29)12-13/h2-5,12,29H,6-11H2,1H3. The van der Waals surface area contributed by atoms with Crippen LogP contribution in [0.2, 0.25) is 5.02 Å². The molecule has 0 atom stereocenters. The van der Waals surface area contributed by atoms with Crippen molar-refractivity contribution < 1.29 is 27.9 Å². The SMILES string of the molecule is CN1CCn2c(C(=O)C(F)(F)F)ccc2C12CCN(C(=O)c1ccc(Cl)c(O)c1)CC2. The molecule has 10 heteroatoms. The van der Waals surface area contributed by atoms with Crippen LogP contribution in [0.5, 0.6) is 5.75 Å². The summed E-state index contributed by atoms with van der Waals surface area (Å²) in [6.45, 7) is 1.57. The number of ketones is 1. The summed E-state index contributed by atoms with van der Waals surface area (Å²) < 4.78 is 40.5. The zero-order valence-electron chi connectivity index (χ0n) is 16.7. The maximum Gasteiger partial charge on any atom is 0.456 e. The first-order chi connectivity index (χ1) is 14.5. The summed E-state index contributed by atoms with van der Waals surface area (Å²) in [5, 5.41) is 9.93. The third-order valence-electron chi connectivity index (χ3n) is 6.41. The lowest BCUT2D eigenvalue weighted by molar-refractivity contribution is -0.0892. The molecular formula is C21H21ClF3N3O3. The van der Waals surface area contributed by atoms with Crippen molar-refractivity contribution in [2.75, 3.05) is 26.7 Å². The van der Waals surface area contributed by atoms with E-state index in [4.69, 9.17) is 11.6 Å². The number of benzene rings is 1. The second-order valence-electron chi connectivity index (χ2n) is 7.99. The van der Waals surface area contributed by atoms with Gasteiger partial charge in [0.1, 0.15) is 5.75 Å². The van der Waals surface area contributed by atoms with E-state index in [1.54, 1.807) is 17.0 Å². The Hall–Kier alpha value is -2.52. The Morgan fingerprint density at radius 2 is 1.74 bits per heavy atom. The van der Waals surface area contributed by atoms with Crippen LogP contribution in [-0.4, -0.2) is 64.0 Å². The van der Waals surface area contributed by atoms with Crippen LogP contribution in [0, 0.1) is 0 Å². The molecule has 1 saturated heterocycles. The van der Waals surface area contributed by atoms with Crippen molar-refractivity contribution in [3.05, 3.63) is 52.3 Å². The number of aromatic hydroxyl groups is 1. The fraction of sp³-hybridized carbons (Fsp3) is 0.429. The molecule has 0 radical (unpaired) electrons. The van der Waals surface area contributed by atoms with E-state index in [1.807, 2.05) is 7.05 Å². The van der Waals surface area contributed by atoms with Gasteiger partial charge >= 0.3 is 6.18 Å². The third kappa shape index (κ3) is 3.59. The number of phenolic OH excluding ortho intramolecular Hbond substituents is 1. The monoisotopic (exact) mass is 455 g/mol. The molecule has 0 aliphatic carbocycles. The van der Waals surface area contributed by atoms with Crippen LogP contribution in [0.15, 0.2) is 30.3 Å². The lowest BCUT2D eigenvalue weighted by Crippen LogP contribution is -2.56. The number of piperidine rings is 1. The quantitative estimate of drug-likeness (QED) is 0.702. The number of halogens is 4. The number of phenols is 1. The summed E-state index contributed by atoms with van der Waals surface area (Å²) in [5.74, 6) is -2.26. The fourth-order valence-corrected chi connectivity index (χ4v) is 4.78. The van der Waals surface area contributed by atoms with E-state index in [-0.39, 0.29) is 22.4 Å². The van der Waals surface area contributed by atoms with Gasteiger partial charge in [-0.15, -0.1) is 0 Å². The molecule has 1 spiro atoms. The van der Waals surface area contributed by atoms with E-state index in [0.717, 1.165) is 0 Å². The number of aromatic nitrogens is 1. The third-order valence-corrected chi connectivity index (χ3v) is 6.73. The Bertz CT molecular complexity index is 1040. The zero-order chi connectivity index (χ0) is 22.6. The van der Waals surface area contributed by atoms with E-state index < -0.39 is 17.5 Å². The zero-order valence-corrected chi connectivity index (χ0v) is 17.5. The van der Waals surface area contributed by atoms with Gasteiger partial charge in [-0.3, -0.25) is 14.5 Å². The number of amides is 1. The molecule has 1 aromatic carbocycles. The molecule has 2 aliphatic heterocycles. The van der Waals surface area contributed by atoms with Crippen molar-refractivity contribution in [3.8, 4) is 5.75 Å². The number of alkyl halides is 3. The van der Waals surface area contributed by atoms with Gasteiger partial charge in [-0.05, 0) is 50.2 Å². The Balaban J connectivity index is 1.58. The number of nitrogens with zero attached hydrogens (tertiary/aromatic N) is 3. The smallest absolute Gasteiger partial charge is 0.456 e. The molecule has 2 aliphatic rings. The first-order valence-electron chi connectivity index (χ1n) is 9.85. The van der Waals surface area contributed by atoms with Crippen LogP contribution >= 0.6 is 11.6 Å². The van der Waals surface area contributed by atoms with Gasteiger partial charge in [-0.1, -0.05) is 11.6 Å². The second kappa shape index (κ2) is 7.56. The van der Waals surface area contributed by atoms with Crippen LogP contribution in [0.1, 0.15) is 39.4 Å². The number of Topliss-reactive ketones (excluding diaryl/α,β-unsaturated/α-hetero) is 1. The number of likely N-dealkylation sites (N-methyl/N-ethyl adjacent to an activating group) is 1. The Kier molecular flexibility index (Phi) is 5.29. The lowest BCUT2D eigenvalue weighted by atomic mass is 9.81. The molecule has 1 aromatic heterocycles. The highest BCUT2D eigenvalue weighted by Crippen LogP contribution is 2.42. The van der Waals surface area contributed by atoms with Crippen LogP contribution in [-0.2, 0) is 12.1 Å². The van der Waals surface area contributed by atoms with E-state index in [9.17, 15) is 27.9 Å². The number of carbonyl (C=O) groups is 2. The number of likely N-dealkylation sites (tertiary alicyclic amines) is 1. The van der Waals surface area contributed by atoms with Crippen LogP contribution in [0.25, 0.3) is 0 Å². The highest BCUT2D eigenvalue weighted by molar-refractivity contribution is 6.32. The topological polar surface area (TPSA) is 65.8 Å². The molecular weight excluding hydrogens is 435 g/mol. The van der Waals surface area contributed by atoms with Crippen molar-refractivity contribution in [2.24, 2.45) is 0 Å². The van der Waals surface area contributed by atoms with Gasteiger partial charge in [0.25, 0.3) is 11.7 Å². The Labute approximate surface area is 181 Å². The van der Waals surface area contributed by atoms with E-state index >= 15 is 0 Å². The normalized spacial score (nSPS) is 18.8. The molecule has 0 unspecified atom stereocenters. The highest BCUT2D eigenvalue weighted by atomic mass is 35.5. The molecule has 31 heavy (non-hydrogen) atoms. The summed E-state index contributed by atoms with van der Waals surface area (Å²) in [6, 6.07) is 7.17. The lowest BCUT2D eigenvalue weighted by Gasteiger charge is -2.50. The van der Waals surface area contributed by atoms with Crippen molar-refractivity contribution >= 4 is 23.3 Å². The fourth-order valence-electron chi connectivity index (χ4n) is 4.66. The number of hydrogen-bond donors (Lipinski definition) is 1. The second-order valence-corrected chi connectivity index (χ2v) is 8.40. The van der Waals surface area contributed by atoms with E-state index in [0.29, 0.717) is 50.3 Å². The average molecular weight is 456 g/mol. The van der Waals surface area contributed by atoms with Gasteiger partial charge in [0.05, 0.1) is 16.3 Å². The summed E-state index contributed by atoms with van der Waals surface area (Å²) in [7, 11) is 1.91. The predicted molar refractivity (Wildman–Crippen MR) is 107 cm³/mol. The van der Waals surface area contributed by atoms with E-state index in [1.165, 1.54) is 22.8 Å². The minimum Gasteiger partial charge on any atom is -0.506 e.